The van der Waals surface area contributed by atoms with Gasteiger partial charge in [0.25, 0.3) is 0 Å². The van der Waals surface area contributed by atoms with Crippen LogP contribution in [0, 0.1) is 0 Å². The molecule has 1 heterocycles. The van der Waals surface area contributed by atoms with Crippen molar-refractivity contribution in [3.8, 4) is 11.5 Å². The third kappa shape index (κ3) is 6.48. The number of aliphatic imine (C=N–C) groups is 1. The first-order valence-corrected chi connectivity index (χ1v) is 9.35. The molecule has 8 heteroatoms. The molecule has 0 fully saturated rings. The van der Waals surface area contributed by atoms with E-state index in [-0.39, 0.29) is 36.5 Å². The lowest BCUT2D eigenvalue weighted by atomic mass is 10.00. The number of anilines is 1. The van der Waals surface area contributed by atoms with Gasteiger partial charge in [-0.2, -0.15) is 0 Å². The van der Waals surface area contributed by atoms with E-state index >= 15 is 0 Å². The Morgan fingerprint density at radius 2 is 1.97 bits per heavy atom. The summed E-state index contributed by atoms with van der Waals surface area (Å²) in [4.78, 5) is 6.52. The standard InChI is InChI=1S/C21H28N4O3.HI/c1-27-18-7-8-20(28-2)19(11-18)24-21(22)23-12-17(26)14-25-10-9-15-5-3-4-6-16(15)13-25;/h3-8,11,17,26H,9-10,12-14H2,1-2H3,(H3,22,23,24);1H. The molecular weight excluding hydrogens is 483 g/mol. The van der Waals surface area contributed by atoms with Crippen molar-refractivity contribution >= 4 is 35.6 Å². The molecule has 0 spiro atoms. The second kappa shape index (κ2) is 11.2. The number of aliphatic hydroxyl groups excluding tert-OH is 1. The number of β-amino-alcohol motifs (C(OH)–C–C–N with tert-alkyl or cyclic N) is 1. The number of benzene rings is 2. The highest BCUT2D eigenvalue weighted by Crippen LogP contribution is 2.28. The molecule has 0 aromatic heterocycles. The summed E-state index contributed by atoms with van der Waals surface area (Å²) in [5.41, 5.74) is 9.37. The van der Waals surface area contributed by atoms with E-state index in [9.17, 15) is 5.11 Å². The molecule has 158 valence electrons. The van der Waals surface area contributed by atoms with Crippen molar-refractivity contribution in [3.63, 3.8) is 0 Å². The number of nitrogens with two attached hydrogens (primary N) is 1. The minimum Gasteiger partial charge on any atom is -0.497 e. The summed E-state index contributed by atoms with van der Waals surface area (Å²) in [6.45, 7) is 2.58. The summed E-state index contributed by atoms with van der Waals surface area (Å²) in [7, 11) is 3.18. The zero-order chi connectivity index (χ0) is 19.9. The molecular formula is C21H29IN4O3. The lowest BCUT2D eigenvalue weighted by Crippen LogP contribution is -2.38. The maximum Gasteiger partial charge on any atom is 0.193 e. The minimum atomic E-state index is -0.585. The molecule has 7 nitrogen and oxygen atoms in total. The SMILES string of the molecule is COc1ccc(OC)c(NC(N)=NCC(O)CN2CCc3ccccc3C2)c1.I. The predicted molar refractivity (Wildman–Crippen MR) is 127 cm³/mol. The fourth-order valence-electron chi connectivity index (χ4n) is 3.36. The van der Waals surface area contributed by atoms with Crippen molar-refractivity contribution in [2.75, 3.05) is 39.2 Å². The van der Waals surface area contributed by atoms with Gasteiger partial charge in [0.1, 0.15) is 11.5 Å². The first-order valence-electron chi connectivity index (χ1n) is 9.35. The number of nitrogens with zero attached hydrogens (tertiary/aromatic N) is 2. The molecule has 1 atom stereocenters. The smallest absolute Gasteiger partial charge is 0.193 e. The summed E-state index contributed by atoms with van der Waals surface area (Å²) >= 11 is 0. The van der Waals surface area contributed by atoms with Crippen molar-refractivity contribution in [3.05, 3.63) is 53.6 Å². The molecule has 1 aliphatic rings. The predicted octanol–water partition coefficient (Wildman–Crippen LogP) is 2.47. The molecule has 0 aliphatic carbocycles. The first kappa shape index (κ1) is 23.2. The molecule has 0 saturated carbocycles. The first-order chi connectivity index (χ1) is 13.6. The highest BCUT2D eigenvalue weighted by molar-refractivity contribution is 14.0. The van der Waals surface area contributed by atoms with Gasteiger partial charge in [0.15, 0.2) is 5.96 Å². The van der Waals surface area contributed by atoms with Crippen LogP contribution < -0.4 is 20.5 Å². The van der Waals surface area contributed by atoms with Crippen LogP contribution >= 0.6 is 24.0 Å². The van der Waals surface area contributed by atoms with Crippen LogP contribution in [0.4, 0.5) is 5.69 Å². The summed E-state index contributed by atoms with van der Waals surface area (Å²) in [6, 6.07) is 13.8. The molecule has 1 unspecified atom stereocenters. The monoisotopic (exact) mass is 512 g/mol. The lowest BCUT2D eigenvalue weighted by Gasteiger charge is -2.30. The molecule has 3 rings (SSSR count). The van der Waals surface area contributed by atoms with Gasteiger partial charge in [-0.05, 0) is 29.7 Å². The van der Waals surface area contributed by atoms with E-state index in [0.29, 0.717) is 23.7 Å². The van der Waals surface area contributed by atoms with Crippen LogP contribution in [0.1, 0.15) is 11.1 Å². The number of hydrogen-bond donors (Lipinski definition) is 3. The average molecular weight is 512 g/mol. The number of rotatable bonds is 7. The van der Waals surface area contributed by atoms with E-state index in [1.807, 2.05) is 0 Å². The van der Waals surface area contributed by atoms with E-state index < -0.39 is 6.10 Å². The number of ether oxygens (including phenoxy) is 2. The summed E-state index contributed by atoms with van der Waals surface area (Å²) in [5, 5.41) is 13.4. The molecule has 4 N–H and O–H groups in total. The van der Waals surface area contributed by atoms with Gasteiger partial charge in [-0.25, -0.2) is 0 Å². The molecule has 0 bridgehead atoms. The van der Waals surface area contributed by atoms with Crippen molar-refractivity contribution in [2.45, 2.75) is 19.1 Å². The van der Waals surface area contributed by atoms with Gasteiger partial charge in [0, 0.05) is 25.7 Å². The highest BCUT2D eigenvalue weighted by atomic mass is 127. The van der Waals surface area contributed by atoms with Gasteiger partial charge in [-0.1, -0.05) is 24.3 Å². The number of halogens is 1. The van der Waals surface area contributed by atoms with Crippen LogP contribution in [-0.4, -0.2) is 55.9 Å². The zero-order valence-electron chi connectivity index (χ0n) is 16.8. The Kier molecular flexibility index (Phi) is 8.99. The maximum atomic E-state index is 10.4. The molecule has 2 aromatic carbocycles. The third-order valence-corrected chi connectivity index (χ3v) is 4.82. The lowest BCUT2D eigenvalue weighted by molar-refractivity contribution is 0.112. The van der Waals surface area contributed by atoms with Gasteiger partial charge in [0.2, 0.25) is 0 Å². The van der Waals surface area contributed by atoms with Crippen molar-refractivity contribution in [2.24, 2.45) is 10.7 Å². The average Bonchev–Trinajstić information content (AvgIpc) is 2.72. The Bertz CT molecular complexity index is 831. The third-order valence-electron chi connectivity index (χ3n) is 4.82. The Hall–Kier alpha value is -2.04. The fourth-order valence-corrected chi connectivity index (χ4v) is 3.36. The highest BCUT2D eigenvalue weighted by Gasteiger charge is 2.18. The normalized spacial score (nSPS) is 15.1. The van der Waals surface area contributed by atoms with Gasteiger partial charge < -0.3 is 25.6 Å². The fraction of sp³-hybridized carbons (Fsp3) is 0.381. The van der Waals surface area contributed by atoms with Gasteiger partial charge >= 0.3 is 0 Å². The van der Waals surface area contributed by atoms with E-state index in [1.165, 1.54) is 11.1 Å². The van der Waals surface area contributed by atoms with E-state index in [4.69, 9.17) is 15.2 Å². The van der Waals surface area contributed by atoms with Crippen LogP contribution in [0.15, 0.2) is 47.5 Å². The van der Waals surface area contributed by atoms with Crippen LogP contribution in [0.25, 0.3) is 0 Å². The number of nitrogens with one attached hydrogen (secondary N) is 1. The number of methoxy groups -OCH3 is 2. The van der Waals surface area contributed by atoms with E-state index in [1.54, 1.807) is 32.4 Å². The van der Waals surface area contributed by atoms with E-state index in [0.717, 1.165) is 19.5 Å². The number of hydrogen-bond acceptors (Lipinski definition) is 5. The van der Waals surface area contributed by atoms with Crippen molar-refractivity contribution < 1.29 is 14.6 Å². The zero-order valence-corrected chi connectivity index (χ0v) is 19.1. The Labute approximate surface area is 188 Å². The Morgan fingerprint density at radius 3 is 2.69 bits per heavy atom. The minimum absolute atomic E-state index is 0. The van der Waals surface area contributed by atoms with Crippen molar-refractivity contribution in [1.29, 1.82) is 0 Å². The largest absolute Gasteiger partial charge is 0.497 e. The van der Waals surface area contributed by atoms with Crippen LogP contribution in [0.5, 0.6) is 11.5 Å². The number of fused-ring (bicyclic) bond motifs is 1. The summed E-state index contributed by atoms with van der Waals surface area (Å²) in [5.74, 6) is 1.53. The molecule has 1 aliphatic heterocycles. The van der Waals surface area contributed by atoms with Gasteiger partial charge in [-0.15, -0.1) is 24.0 Å². The second-order valence-corrected chi connectivity index (χ2v) is 6.82. The van der Waals surface area contributed by atoms with E-state index in [2.05, 4.69) is 39.5 Å². The Balaban J connectivity index is 0.00000300. The number of guanidine groups is 1. The summed E-state index contributed by atoms with van der Waals surface area (Å²) < 4.78 is 10.5. The topological polar surface area (TPSA) is 92.3 Å². The summed E-state index contributed by atoms with van der Waals surface area (Å²) in [6.07, 6.45) is 0.420. The van der Waals surface area contributed by atoms with Crippen molar-refractivity contribution in [1.82, 2.24) is 4.90 Å². The van der Waals surface area contributed by atoms with Crippen LogP contribution in [0.3, 0.4) is 0 Å². The Morgan fingerprint density at radius 1 is 1.21 bits per heavy atom. The molecule has 0 saturated heterocycles. The van der Waals surface area contributed by atoms with Gasteiger partial charge in [-0.3, -0.25) is 9.89 Å². The van der Waals surface area contributed by atoms with Crippen LogP contribution in [0.2, 0.25) is 0 Å². The number of aliphatic hydroxyl groups is 1. The molecule has 0 radical (unpaired) electrons. The second-order valence-electron chi connectivity index (χ2n) is 6.82. The molecule has 2 aromatic rings. The maximum absolute atomic E-state index is 10.4. The van der Waals surface area contributed by atoms with Crippen LogP contribution in [-0.2, 0) is 13.0 Å². The quantitative estimate of drug-likeness (QED) is 0.300. The molecule has 29 heavy (non-hydrogen) atoms. The molecule has 0 amide bonds. The van der Waals surface area contributed by atoms with Gasteiger partial charge in [0.05, 0.1) is 32.6 Å².